The highest BCUT2D eigenvalue weighted by atomic mass is 35.5. The zero-order valence-electron chi connectivity index (χ0n) is 17.4. The molecule has 2 aromatic carbocycles. The molecular formula is C22H21ClN6O3. The largest absolute Gasteiger partial charge is 0.391 e. The minimum absolute atomic E-state index is 0.193. The molecule has 9 nitrogen and oxygen atoms in total. The number of hydrazine groups is 1. The van der Waals surface area contributed by atoms with E-state index >= 15 is 0 Å². The third-order valence-electron chi connectivity index (χ3n) is 4.91. The van der Waals surface area contributed by atoms with E-state index in [0.29, 0.717) is 16.3 Å². The number of carbonyl (C=O) groups excluding carboxylic acids is 2. The summed E-state index contributed by atoms with van der Waals surface area (Å²) in [5.74, 6) is 4.26. The fourth-order valence-corrected chi connectivity index (χ4v) is 3.26. The minimum atomic E-state index is -1.23. The summed E-state index contributed by atoms with van der Waals surface area (Å²) in [6.07, 6.45) is 2.20. The number of imide groups is 1. The molecule has 1 heterocycles. The number of rotatable bonds is 6. The smallest absolute Gasteiger partial charge is 0.274 e. The number of nitrogens with one attached hydrogen (secondary N) is 1. The summed E-state index contributed by atoms with van der Waals surface area (Å²) in [5, 5.41) is 26.9. The Hall–Kier alpha value is -3.71. The van der Waals surface area contributed by atoms with Crippen molar-refractivity contribution >= 4 is 29.1 Å². The topological polar surface area (TPSA) is 137 Å². The molecule has 2 unspecified atom stereocenters. The molecule has 1 aromatic heterocycles. The molecule has 0 aliphatic carbocycles. The van der Waals surface area contributed by atoms with Crippen LogP contribution in [0.5, 0.6) is 0 Å². The molecular weight excluding hydrogens is 432 g/mol. The van der Waals surface area contributed by atoms with E-state index in [0.717, 1.165) is 5.69 Å². The minimum Gasteiger partial charge on any atom is -0.391 e. The molecule has 0 radical (unpaired) electrons. The Morgan fingerprint density at radius 1 is 1.28 bits per heavy atom. The molecule has 10 heteroatoms. The van der Waals surface area contributed by atoms with E-state index in [9.17, 15) is 14.7 Å². The second kappa shape index (κ2) is 9.62. The average Bonchev–Trinajstić information content (AvgIpc) is 3.33. The van der Waals surface area contributed by atoms with Crippen LogP contribution in [0.4, 0.5) is 5.69 Å². The van der Waals surface area contributed by atoms with E-state index in [4.69, 9.17) is 22.7 Å². The van der Waals surface area contributed by atoms with Crippen LogP contribution < -0.4 is 11.2 Å². The van der Waals surface area contributed by atoms with Crippen LogP contribution in [0.1, 0.15) is 28.4 Å². The molecule has 32 heavy (non-hydrogen) atoms. The lowest BCUT2D eigenvalue weighted by Gasteiger charge is -2.26. The van der Waals surface area contributed by atoms with E-state index in [1.807, 2.05) is 6.07 Å². The predicted octanol–water partition coefficient (Wildman–Crippen LogP) is 2.41. The molecule has 0 saturated carbocycles. The Labute approximate surface area is 189 Å². The first-order chi connectivity index (χ1) is 15.2. The number of aliphatic hydroxyl groups excluding tert-OH is 1. The Balaban J connectivity index is 1.79. The summed E-state index contributed by atoms with van der Waals surface area (Å²) < 4.78 is 1.62. The monoisotopic (exact) mass is 452 g/mol. The van der Waals surface area contributed by atoms with Crippen LogP contribution in [-0.2, 0) is 4.79 Å². The molecule has 2 amide bonds. The summed E-state index contributed by atoms with van der Waals surface area (Å²) in [6.45, 7) is 3.06. The highest BCUT2D eigenvalue weighted by Gasteiger charge is 2.31. The van der Waals surface area contributed by atoms with Gasteiger partial charge in [0.1, 0.15) is 12.1 Å². The van der Waals surface area contributed by atoms with Gasteiger partial charge < -0.3 is 10.4 Å². The van der Waals surface area contributed by atoms with Crippen LogP contribution in [-0.4, -0.2) is 43.9 Å². The third-order valence-corrected chi connectivity index (χ3v) is 5.39. The molecule has 0 aliphatic rings. The first-order valence-electron chi connectivity index (χ1n) is 9.61. The van der Waals surface area contributed by atoms with Crippen molar-refractivity contribution in [1.82, 2.24) is 14.8 Å². The van der Waals surface area contributed by atoms with E-state index in [1.54, 1.807) is 48.3 Å². The van der Waals surface area contributed by atoms with Gasteiger partial charge in [-0.3, -0.25) is 9.59 Å². The first-order valence-corrected chi connectivity index (χ1v) is 9.99. The first kappa shape index (κ1) is 23.0. The number of hydrogen-bond donors (Lipinski definition) is 3. The third kappa shape index (κ3) is 4.63. The number of hydrogen-bond acceptors (Lipinski definition) is 7. The number of benzene rings is 2. The Kier molecular flexibility index (Phi) is 6.90. The van der Waals surface area contributed by atoms with Crippen LogP contribution in [0.2, 0.25) is 5.02 Å². The van der Waals surface area contributed by atoms with Gasteiger partial charge in [-0.2, -0.15) is 10.4 Å². The van der Waals surface area contributed by atoms with E-state index in [2.05, 4.69) is 10.4 Å². The maximum Gasteiger partial charge on any atom is 0.274 e. The maximum atomic E-state index is 12.9. The second-order valence-corrected chi connectivity index (χ2v) is 7.46. The molecule has 0 bridgehead atoms. The highest BCUT2D eigenvalue weighted by molar-refractivity contribution is 6.32. The van der Waals surface area contributed by atoms with Crippen LogP contribution in [0.15, 0.2) is 54.9 Å². The van der Waals surface area contributed by atoms with Crippen molar-refractivity contribution in [3.8, 4) is 11.8 Å². The number of nitrogens with zero attached hydrogens (tertiary/aromatic N) is 4. The molecule has 0 saturated heterocycles. The van der Waals surface area contributed by atoms with Gasteiger partial charge in [-0.1, -0.05) is 11.6 Å². The lowest BCUT2D eigenvalue weighted by atomic mass is 10.1. The standard InChI is InChI=1S/C22H21ClN6O3/c1-13-18(9-6-16(12-24)19(13)23)27-20(14(2)30)22(32)29(25)21(31)15-4-7-17(8-5-15)28-11-3-10-26-28/h3-11,14,20,27,30H,25H2,1-2H3. The van der Waals surface area contributed by atoms with E-state index in [1.165, 1.54) is 25.1 Å². The van der Waals surface area contributed by atoms with Crippen molar-refractivity contribution in [2.75, 3.05) is 5.32 Å². The number of halogens is 1. The van der Waals surface area contributed by atoms with Gasteiger partial charge in [0.25, 0.3) is 11.8 Å². The average molecular weight is 453 g/mol. The molecule has 4 N–H and O–H groups in total. The van der Waals surface area contributed by atoms with Gasteiger partial charge in [-0.25, -0.2) is 15.5 Å². The quantitative estimate of drug-likeness (QED) is 0.296. The Morgan fingerprint density at radius 3 is 2.53 bits per heavy atom. The number of anilines is 1. The fourth-order valence-electron chi connectivity index (χ4n) is 3.05. The number of carbonyl (C=O) groups is 2. The van der Waals surface area contributed by atoms with Crippen LogP contribution >= 0.6 is 11.6 Å². The van der Waals surface area contributed by atoms with Crippen LogP contribution in [0.3, 0.4) is 0 Å². The zero-order chi connectivity index (χ0) is 23.4. The van der Waals surface area contributed by atoms with Gasteiger partial charge in [0.15, 0.2) is 0 Å². The number of nitriles is 1. The number of amides is 2. The second-order valence-electron chi connectivity index (χ2n) is 7.08. The summed E-state index contributed by atoms with van der Waals surface area (Å²) >= 11 is 6.18. The molecule has 164 valence electrons. The molecule has 3 rings (SSSR count). The Bertz CT molecular complexity index is 1170. The van der Waals surface area contributed by atoms with E-state index in [-0.39, 0.29) is 16.1 Å². The highest BCUT2D eigenvalue weighted by Crippen LogP contribution is 2.28. The zero-order valence-corrected chi connectivity index (χ0v) is 18.1. The Morgan fingerprint density at radius 2 is 1.97 bits per heavy atom. The van der Waals surface area contributed by atoms with Crippen molar-refractivity contribution in [2.24, 2.45) is 5.84 Å². The van der Waals surface area contributed by atoms with Gasteiger partial charge in [0.2, 0.25) is 0 Å². The molecule has 3 aromatic rings. The maximum absolute atomic E-state index is 12.9. The predicted molar refractivity (Wildman–Crippen MR) is 119 cm³/mol. The number of nitrogens with two attached hydrogens (primary N) is 1. The normalized spacial score (nSPS) is 12.5. The molecule has 0 fully saturated rings. The van der Waals surface area contributed by atoms with Crippen molar-refractivity contribution in [2.45, 2.75) is 26.0 Å². The van der Waals surface area contributed by atoms with Crippen molar-refractivity contribution in [1.29, 1.82) is 5.26 Å². The summed E-state index contributed by atoms with van der Waals surface area (Å²) in [6, 6.07) is 12.0. The molecule has 2 atom stereocenters. The van der Waals surface area contributed by atoms with Gasteiger partial charge in [-0.05, 0) is 61.9 Å². The van der Waals surface area contributed by atoms with Gasteiger partial charge in [0.05, 0.1) is 22.4 Å². The summed E-state index contributed by atoms with van der Waals surface area (Å²) in [4.78, 5) is 25.7. The molecule has 0 spiro atoms. The van der Waals surface area contributed by atoms with Gasteiger partial charge in [-0.15, -0.1) is 0 Å². The number of aliphatic hydroxyl groups is 1. The number of aromatic nitrogens is 2. The van der Waals surface area contributed by atoms with Crippen LogP contribution in [0, 0.1) is 18.3 Å². The lowest BCUT2D eigenvalue weighted by Crippen LogP contribution is -2.53. The van der Waals surface area contributed by atoms with Gasteiger partial charge in [0, 0.05) is 23.6 Å². The van der Waals surface area contributed by atoms with E-state index < -0.39 is 24.0 Å². The van der Waals surface area contributed by atoms with Crippen molar-refractivity contribution in [3.63, 3.8) is 0 Å². The summed E-state index contributed by atoms with van der Waals surface area (Å²) in [5.41, 5.74) is 2.16. The lowest BCUT2D eigenvalue weighted by molar-refractivity contribution is -0.131. The van der Waals surface area contributed by atoms with Crippen LogP contribution in [0.25, 0.3) is 5.69 Å². The fraction of sp³-hybridized carbons (Fsp3) is 0.182. The van der Waals surface area contributed by atoms with Crippen molar-refractivity contribution in [3.05, 3.63) is 76.6 Å². The van der Waals surface area contributed by atoms with Gasteiger partial charge >= 0.3 is 0 Å². The SMILES string of the molecule is Cc1c(NC(C(=O)N(N)C(=O)c2ccc(-n3cccn3)cc2)C(C)O)ccc(C#N)c1Cl. The molecule has 0 aliphatic heterocycles. The summed E-state index contributed by atoms with van der Waals surface area (Å²) in [7, 11) is 0. The van der Waals surface area contributed by atoms with Crippen molar-refractivity contribution < 1.29 is 14.7 Å².